The van der Waals surface area contributed by atoms with Crippen LogP contribution in [0.1, 0.15) is 38.7 Å². The number of hydrogen-bond acceptors (Lipinski definition) is 10. The lowest BCUT2D eigenvalue weighted by atomic mass is 9.95. The summed E-state index contributed by atoms with van der Waals surface area (Å²) in [6.45, 7) is 2.02. The number of methoxy groups -OCH3 is 1. The molecule has 2 aromatic carbocycles. The van der Waals surface area contributed by atoms with Crippen molar-refractivity contribution in [3.63, 3.8) is 0 Å². The van der Waals surface area contributed by atoms with Gasteiger partial charge < -0.3 is 9.84 Å². The Morgan fingerprint density at radius 2 is 1.69 bits per heavy atom. The number of aliphatic hydroxyl groups is 1. The first kappa shape index (κ1) is 26.3. The number of carbonyl (C=O) groups is 3. The summed E-state index contributed by atoms with van der Waals surface area (Å²) in [5, 5.41) is 19.8. The van der Waals surface area contributed by atoms with Crippen LogP contribution in [0.15, 0.2) is 83.0 Å². The topological polar surface area (TPSA) is 123 Å². The Morgan fingerprint density at radius 1 is 1.00 bits per heavy atom. The van der Waals surface area contributed by atoms with Crippen LogP contribution >= 0.6 is 23.1 Å². The van der Waals surface area contributed by atoms with Gasteiger partial charge in [0.2, 0.25) is 5.13 Å². The van der Waals surface area contributed by atoms with Gasteiger partial charge in [0, 0.05) is 23.7 Å². The van der Waals surface area contributed by atoms with Crippen molar-refractivity contribution in [2.75, 3.05) is 12.0 Å². The average molecular weight is 559 g/mol. The number of aryl methyl sites for hydroxylation is 1. The maximum Gasteiger partial charge on any atom is 0.337 e. The Bertz CT molecular complexity index is 1570. The number of aromatic nitrogens is 3. The number of nitrogens with zero attached hydrogens (tertiary/aromatic N) is 4. The highest BCUT2D eigenvalue weighted by Gasteiger charge is 2.48. The van der Waals surface area contributed by atoms with E-state index in [-0.39, 0.29) is 16.5 Å². The normalized spacial score (nSPS) is 16.5. The van der Waals surface area contributed by atoms with Gasteiger partial charge in [0.1, 0.15) is 5.76 Å². The zero-order chi connectivity index (χ0) is 27.5. The molecular weight excluding hydrogens is 536 g/mol. The summed E-state index contributed by atoms with van der Waals surface area (Å²) in [5.41, 5.74) is 3.33. The van der Waals surface area contributed by atoms with E-state index >= 15 is 0 Å². The van der Waals surface area contributed by atoms with Crippen LogP contribution in [0.4, 0.5) is 5.13 Å². The lowest BCUT2D eigenvalue weighted by Gasteiger charge is -2.22. The number of amides is 1. The number of pyridine rings is 1. The van der Waals surface area contributed by atoms with Gasteiger partial charge in [-0.25, -0.2) is 4.79 Å². The van der Waals surface area contributed by atoms with Gasteiger partial charge in [0.05, 0.1) is 24.3 Å². The van der Waals surface area contributed by atoms with Crippen LogP contribution in [-0.4, -0.2) is 45.1 Å². The van der Waals surface area contributed by atoms with Crippen LogP contribution in [0, 0.1) is 6.92 Å². The quantitative estimate of drug-likeness (QED) is 0.0838. The molecular formula is C28H22N4O5S2. The maximum absolute atomic E-state index is 13.4. The fourth-order valence-corrected chi connectivity index (χ4v) is 5.94. The van der Waals surface area contributed by atoms with Crippen molar-refractivity contribution >= 4 is 51.6 Å². The van der Waals surface area contributed by atoms with Gasteiger partial charge >= 0.3 is 11.9 Å². The van der Waals surface area contributed by atoms with Gasteiger partial charge in [-0.15, -0.1) is 10.2 Å². The number of benzene rings is 2. The molecule has 4 aromatic rings. The van der Waals surface area contributed by atoms with Gasteiger partial charge in [0.25, 0.3) is 5.78 Å². The van der Waals surface area contributed by atoms with Gasteiger partial charge in [-0.3, -0.25) is 19.5 Å². The lowest BCUT2D eigenvalue weighted by Crippen LogP contribution is -2.29. The van der Waals surface area contributed by atoms with E-state index in [0.29, 0.717) is 26.8 Å². The molecule has 9 nitrogen and oxygen atoms in total. The van der Waals surface area contributed by atoms with E-state index in [4.69, 9.17) is 4.74 Å². The molecule has 1 fully saturated rings. The molecule has 0 saturated carbocycles. The maximum atomic E-state index is 13.4. The molecule has 3 heterocycles. The monoisotopic (exact) mass is 558 g/mol. The molecule has 1 N–H and O–H groups in total. The van der Waals surface area contributed by atoms with Gasteiger partial charge in [-0.1, -0.05) is 65.1 Å². The van der Waals surface area contributed by atoms with Crippen molar-refractivity contribution in [3.05, 3.63) is 106 Å². The number of thioether (sulfide) groups is 1. The Morgan fingerprint density at radius 3 is 2.36 bits per heavy atom. The highest BCUT2D eigenvalue weighted by Crippen LogP contribution is 2.44. The van der Waals surface area contributed by atoms with E-state index in [1.54, 1.807) is 24.3 Å². The Kier molecular flexibility index (Phi) is 7.53. The van der Waals surface area contributed by atoms with Crippen LogP contribution in [0.2, 0.25) is 0 Å². The molecule has 2 aromatic heterocycles. The third-order valence-corrected chi connectivity index (χ3v) is 8.26. The van der Waals surface area contributed by atoms with Crippen molar-refractivity contribution in [2.24, 2.45) is 0 Å². The third-order valence-electron chi connectivity index (χ3n) is 6.13. The summed E-state index contributed by atoms with van der Waals surface area (Å²) >= 11 is 2.66. The molecule has 0 radical (unpaired) electrons. The van der Waals surface area contributed by atoms with E-state index in [2.05, 4.69) is 15.2 Å². The minimum absolute atomic E-state index is 0.0962. The Balaban J connectivity index is 1.53. The number of rotatable bonds is 7. The van der Waals surface area contributed by atoms with Crippen molar-refractivity contribution in [3.8, 4) is 0 Å². The molecule has 0 spiro atoms. The molecule has 1 amide bonds. The first-order valence-electron chi connectivity index (χ1n) is 11.8. The Labute approximate surface area is 232 Å². The second-order valence-corrected chi connectivity index (χ2v) is 10.8. The van der Waals surface area contributed by atoms with Crippen LogP contribution in [0.25, 0.3) is 5.76 Å². The van der Waals surface area contributed by atoms with E-state index in [0.717, 1.165) is 5.56 Å². The standard InChI is InChI=1S/C28H22N4O5S2/c1-16-3-5-17(6-4-16)15-38-28-31-30-27(39-28)32-22(18-7-9-20(10-8-18)26(36)37-2)21(24(34)25(32)35)23(33)19-11-13-29-14-12-19/h3-14,22,33H,15H2,1-2H3. The average Bonchev–Trinajstić information content (AvgIpc) is 3.54. The Hall–Kier alpha value is -4.35. The van der Waals surface area contributed by atoms with Crippen LogP contribution in [-0.2, 0) is 20.1 Å². The SMILES string of the molecule is COC(=O)c1ccc(C2C(=C(O)c3ccncc3)C(=O)C(=O)N2c2nnc(SCc3ccc(C)cc3)s2)cc1. The number of esters is 1. The second kappa shape index (κ2) is 11.2. The highest BCUT2D eigenvalue weighted by molar-refractivity contribution is 8.00. The van der Waals surface area contributed by atoms with Crippen LogP contribution in [0.3, 0.4) is 0 Å². The third kappa shape index (κ3) is 5.31. The van der Waals surface area contributed by atoms with E-state index in [1.165, 1.54) is 65.2 Å². The molecule has 1 unspecified atom stereocenters. The zero-order valence-corrected chi connectivity index (χ0v) is 22.5. The summed E-state index contributed by atoms with van der Waals surface area (Å²) in [7, 11) is 1.28. The summed E-state index contributed by atoms with van der Waals surface area (Å²) in [6, 6.07) is 16.6. The highest BCUT2D eigenvalue weighted by atomic mass is 32.2. The van der Waals surface area contributed by atoms with Gasteiger partial charge in [0.15, 0.2) is 4.34 Å². The largest absolute Gasteiger partial charge is 0.507 e. The number of ketones is 1. The predicted octanol–water partition coefficient (Wildman–Crippen LogP) is 4.95. The summed E-state index contributed by atoms with van der Waals surface area (Å²) < 4.78 is 5.40. The molecule has 11 heteroatoms. The fraction of sp³-hybridized carbons (Fsp3) is 0.143. The molecule has 1 aliphatic heterocycles. The first-order valence-corrected chi connectivity index (χ1v) is 13.6. The van der Waals surface area contributed by atoms with E-state index in [1.807, 2.05) is 31.2 Å². The summed E-state index contributed by atoms with van der Waals surface area (Å²) in [6.07, 6.45) is 2.96. The lowest BCUT2D eigenvalue weighted by molar-refractivity contribution is -0.132. The van der Waals surface area contributed by atoms with Crippen molar-refractivity contribution in [1.82, 2.24) is 15.2 Å². The van der Waals surface area contributed by atoms with E-state index in [9.17, 15) is 19.5 Å². The number of hydrogen-bond donors (Lipinski definition) is 1. The van der Waals surface area contributed by atoms with E-state index < -0.39 is 23.7 Å². The number of anilines is 1. The molecule has 39 heavy (non-hydrogen) atoms. The molecule has 5 rings (SSSR count). The number of aliphatic hydroxyl groups excluding tert-OH is 1. The van der Waals surface area contributed by atoms with Crippen LogP contribution < -0.4 is 4.90 Å². The number of Topliss-reactive ketones (excluding diaryl/α,β-unsaturated/α-hetero) is 1. The van der Waals surface area contributed by atoms with Gasteiger partial charge in [-0.2, -0.15) is 0 Å². The first-order chi connectivity index (χ1) is 18.9. The smallest absolute Gasteiger partial charge is 0.337 e. The molecule has 0 aliphatic carbocycles. The van der Waals surface area contributed by atoms with Crippen molar-refractivity contribution in [1.29, 1.82) is 0 Å². The van der Waals surface area contributed by atoms with Crippen molar-refractivity contribution < 1.29 is 24.2 Å². The minimum atomic E-state index is -0.993. The zero-order valence-electron chi connectivity index (χ0n) is 20.9. The second-order valence-electron chi connectivity index (χ2n) is 8.64. The molecule has 1 atom stereocenters. The fourth-order valence-electron chi connectivity index (χ4n) is 4.12. The van der Waals surface area contributed by atoms with Crippen molar-refractivity contribution in [2.45, 2.75) is 23.1 Å². The molecule has 0 bridgehead atoms. The molecule has 1 aliphatic rings. The molecule has 196 valence electrons. The number of carbonyl (C=O) groups excluding carboxylic acids is 3. The minimum Gasteiger partial charge on any atom is -0.507 e. The number of ether oxygens (including phenoxy) is 1. The van der Waals surface area contributed by atoms with Crippen LogP contribution in [0.5, 0.6) is 0 Å². The molecule has 1 saturated heterocycles. The predicted molar refractivity (Wildman–Crippen MR) is 147 cm³/mol. The summed E-state index contributed by atoms with van der Waals surface area (Å²) in [4.78, 5) is 43.8. The summed E-state index contributed by atoms with van der Waals surface area (Å²) in [5.74, 6) is -1.88. The van der Waals surface area contributed by atoms with Gasteiger partial charge in [-0.05, 0) is 42.3 Å².